The predicted octanol–water partition coefficient (Wildman–Crippen LogP) is 1.72. The summed E-state index contributed by atoms with van der Waals surface area (Å²) in [5.41, 5.74) is 1.04. The highest BCUT2D eigenvalue weighted by Crippen LogP contribution is 2.18. The van der Waals surface area contributed by atoms with Crippen LogP contribution in [0, 0.1) is 0 Å². The molecule has 0 spiro atoms. The van der Waals surface area contributed by atoms with Crippen molar-refractivity contribution >= 4 is 33.8 Å². The molecule has 2 aromatic rings. The van der Waals surface area contributed by atoms with Gasteiger partial charge in [-0.2, -0.15) is 0 Å². The van der Waals surface area contributed by atoms with Crippen LogP contribution in [0.15, 0.2) is 29.6 Å². The third kappa shape index (κ3) is 1.15. The van der Waals surface area contributed by atoms with Crippen LogP contribution in [-0.2, 0) is 0 Å². The fourth-order valence-electron chi connectivity index (χ4n) is 1.32. The Kier molecular flexibility index (Phi) is 1.91. The number of benzene rings is 1. The first-order valence-corrected chi connectivity index (χ1v) is 4.81. The van der Waals surface area contributed by atoms with Gasteiger partial charge in [-0.25, -0.2) is 0 Å². The van der Waals surface area contributed by atoms with Crippen molar-refractivity contribution in [1.29, 1.82) is 0 Å². The van der Waals surface area contributed by atoms with Crippen molar-refractivity contribution in [3.8, 4) is 0 Å². The molecule has 2 rings (SSSR count). The second-order valence-electron chi connectivity index (χ2n) is 2.86. The molecule has 1 N–H and O–H groups in total. The van der Waals surface area contributed by atoms with E-state index >= 15 is 0 Å². The van der Waals surface area contributed by atoms with Gasteiger partial charge in [0.25, 0.3) is 0 Å². The standard InChI is InChI=1S/C9H9BOS/c1-10(11)8-6-12-9-5-3-2-4-7(8)9/h2-6,11H,1H3. The van der Waals surface area contributed by atoms with Crippen LogP contribution in [0.4, 0.5) is 0 Å². The summed E-state index contributed by atoms with van der Waals surface area (Å²) in [4.78, 5) is 0. The van der Waals surface area contributed by atoms with Gasteiger partial charge in [0.1, 0.15) is 0 Å². The fraction of sp³-hybridized carbons (Fsp3) is 0.111. The Balaban J connectivity index is 2.70. The molecule has 0 bridgehead atoms. The molecule has 1 aromatic carbocycles. The summed E-state index contributed by atoms with van der Waals surface area (Å²) in [6.07, 6.45) is 0. The third-order valence-electron chi connectivity index (χ3n) is 1.96. The largest absolute Gasteiger partial charge is 0.446 e. The van der Waals surface area contributed by atoms with Crippen molar-refractivity contribution < 1.29 is 5.02 Å². The zero-order chi connectivity index (χ0) is 8.55. The van der Waals surface area contributed by atoms with Crippen molar-refractivity contribution in [2.75, 3.05) is 0 Å². The van der Waals surface area contributed by atoms with Crippen LogP contribution >= 0.6 is 11.3 Å². The topological polar surface area (TPSA) is 20.2 Å². The molecule has 0 fully saturated rings. The normalized spacial score (nSPS) is 10.5. The monoisotopic (exact) mass is 176 g/mol. The third-order valence-corrected chi connectivity index (χ3v) is 2.94. The quantitative estimate of drug-likeness (QED) is 0.656. The van der Waals surface area contributed by atoms with Gasteiger partial charge in [0.2, 0.25) is 0 Å². The molecule has 1 aromatic heterocycles. The number of rotatable bonds is 1. The lowest BCUT2D eigenvalue weighted by Gasteiger charge is -1.96. The van der Waals surface area contributed by atoms with Crippen LogP contribution in [0.1, 0.15) is 0 Å². The van der Waals surface area contributed by atoms with Gasteiger partial charge in [-0.05, 0) is 22.3 Å². The summed E-state index contributed by atoms with van der Waals surface area (Å²) in [6.45, 7) is 1.44. The Hall–Kier alpha value is -0.795. The molecule has 0 aliphatic carbocycles. The number of thiophene rings is 1. The Bertz CT molecular complexity index is 394. The molecule has 1 heterocycles. The van der Waals surface area contributed by atoms with E-state index in [-0.39, 0.29) is 6.92 Å². The maximum absolute atomic E-state index is 9.42. The fourth-order valence-corrected chi connectivity index (χ4v) is 2.37. The minimum atomic E-state index is -0.360. The maximum Gasteiger partial charge on any atom is 0.321 e. The van der Waals surface area contributed by atoms with E-state index in [2.05, 4.69) is 6.07 Å². The summed E-state index contributed by atoms with van der Waals surface area (Å²) in [5.74, 6) is 0. The lowest BCUT2D eigenvalue weighted by Crippen LogP contribution is -2.24. The number of hydrogen-bond acceptors (Lipinski definition) is 2. The highest BCUT2D eigenvalue weighted by molar-refractivity contribution is 7.18. The second-order valence-corrected chi connectivity index (χ2v) is 3.77. The van der Waals surface area contributed by atoms with E-state index < -0.39 is 0 Å². The van der Waals surface area contributed by atoms with Gasteiger partial charge in [-0.1, -0.05) is 25.0 Å². The van der Waals surface area contributed by atoms with E-state index in [1.807, 2.05) is 23.6 Å². The Morgan fingerprint density at radius 1 is 1.33 bits per heavy atom. The Morgan fingerprint density at radius 2 is 2.08 bits per heavy atom. The van der Waals surface area contributed by atoms with E-state index in [1.165, 1.54) is 10.1 Å². The minimum Gasteiger partial charge on any atom is -0.446 e. The summed E-state index contributed by atoms with van der Waals surface area (Å²) in [7, 11) is 0. The van der Waals surface area contributed by atoms with Crippen molar-refractivity contribution in [2.24, 2.45) is 0 Å². The van der Waals surface area contributed by atoms with Gasteiger partial charge < -0.3 is 5.02 Å². The van der Waals surface area contributed by atoms with Crippen molar-refractivity contribution in [2.45, 2.75) is 6.82 Å². The zero-order valence-corrected chi connectivity index (χ0v) is 7.64. The Labute approximate surface area is 75.8 Å². The van der Waals surface area contributed by atoms with Crippen LogP contribution < -0.4 is 5.46 Å². The van der Waals surface area contributed by atoms with E-state index in [0.29, 0.717) is 0 Å². The minimum absolute atomic E-state index is 0.360. The predicted molar refractivity (Wildman–Crippen MR) is 55.3 cm³/mol. The lowest BCUT2D eigenvalue weighted by molar-refractivity contribution is 0.594. The van der Waals surface area contributed by atoms with Crippen molar-refractivity contribution in [1.82, 2.24) is 0 Å². The molecule has 0 saturated heterocycles. The molecule has 0 unspecified atom stereocenters. The van der Waals surface area contributed by atoms with Gasteiger partial charge in [0.15, 0.2) is 0 Å². The molecule has 0 radical (unpaired) electrons. The maximum atomic E-state index is 9.42. The first-order valence-electron chi connectivity index (χ1n) is 3.93. The average molecular weight is 176 g/mol. The van der Waals surface area contributed by atoms with Gasteiger partial charge in [-0.3, -0.25) is 0 Å². The lowest BCUT2D eigenvalue weighted by atomic mass is 9.64. The molecule has 0 saturated carbocycles. The second kappa shape index (κ2) is 2.92. The highest BCUT2D eigenvalue weighted by Gasteiger charge is 2.11. The van der Waals surface area contributed by atoms with Crippen LogP contribution in [-0.4, -0.2) is 11.9 Å². The van der Waals surface area contributed by atoms with E-state index in [4.69, 9.17) is 0 Å². The molecule has 1 nitrogen and oxygen atoms in total. The highest BCUT2D eigenvalue weighted by atomic mass is 32.1. The SMILES string of the molecule is CB(O)c1csc2ccccc12. The molecule has 0 aliphatic heterocycles. The van der Waals surface area contributed by atoms with Crippen molar-refractivity contribution in [3.63, 3.8) is 0 Å². The summed E-state index contributed by atoms with van der Waals surface area (Å²) in [6, 6.07) is 8.14. The Morgan fingerprint density at radius 3 is 2.83 bits per heavy atom. The summed E-state index contributed by atoms with van der Waals surface area (Å²) < 4.78 is 1.24. The van der Waals surface area contributed by atoms with Crippen LogP contribution in [0.25, 0.3) is 10.1 Å². The first kappa shape index (κ1) is 7.83. The van der Waals surface area contributed by atoms with Crippen LogP contribution in [0.3, 0.4) is 0 Å². The molecule has 0 amide bonds. The molecule has 12 heavy (non-hydrogen) atoms. The smallest absolute Gasteiger partial charge is 0.321 e. The molecule has 3 heteroatoms. The molecule has 0 aliphatic rings. The number of hydrogen-bond donors (Lipinski definition) is 1. The summed E-state index contributed by atoms with van der Waals surface area (Å²) in [5, 5.41) is 12.6. The van der Waals surface area contributed by atoms with E-state index in [0.717, 1.165) is 5.46 Å². The van der Waals surface area contributed by atoms with Gasteiger partial charge in [0, 0.05) is 4.70 Å². The van der Waals surface area contributed by atoms with E-state index in [1.54, 1.807) is 18.2 Å². The zero-order valence-electron chi connectivity index (χ0n) is 6.82. The van der Waals surface area contributed by atoms with Crippen LogP contribution in [0.5, 0.6) is 0 Å². The molecule has 0 atom stereocenters. The summed E-state index contributed by atoms with van der Waals surface area (Å²) >= 11 is 1.68. The number of fused-ring (bicyclic) bond motifs is 1. The molecule has 60 valence electrons. The first-order chi connectivity index (χ1) is 5.79. The van der Waals surface area contributed by atoms with Gasteiger partial charge in [-0.15, -0.1) is 11.3 Å². The van der Waals surface area contributed by atoms with Gasteiger partial charge in [0.05, 0.1) is 0 Å². The van der Waals surface area contributed by atoms with E-state index in [9.17, 15) is 5.02 Å². The average Bonchev–Trinajstić information content (AvgIpc) is 2.47. The molecular weight excluding hydrogens is 167 g/mol. The van der Waals surface area contributed by atoms with Crippen molar-refractivity contribution in [3.05, 3.63) is 29.6 Å². The van der Waals surface area contributed by atoms with Gasteiger partial charge >= 0.3 is 6.92 Å². The van der Waals surface area contributed by atoms with Crippen LogP contribution in [0.2, 0.25) is 6.82 Å². The molecular formula is C9H9BOS.